The number of aryl methyl sites for hydroxylation is 1. The van der Waals surface area contributed by atoms with E-state index in [-0.39, 0.29) is 24.7 Å². The van der Waals surface area contributed by atoms with Gasteiger partial charge in [0.1, 0.15) is 5.82 Å². The molecule has 0 aliphatic carbocycles. The van der Waals surface area contributed by atoms with Crippen molar-refractivity contribution in [3.05, 3.63) is 35.3 Å². The van der Waals surface area contributed by atoms with Crippen LogP contribution in [-0.2, 0) is 11.2 Å². The Kier molecular flexibility index (Phi) is 4.56. The minimum Gasteiger partial charge on any atom is -0.389 e. The number of aromatic amines is 1. The molecule has 0 radical (unpaired) electrons. The number of nitrogens with zero attached hydrogens (tertiary/aromatic N) is 1. The maximum atomic E-state index is 13.5. The molecule has 22 heavy (non-hydrogen) atoms. The van der Waals surface area contributed by atoms with E-state index in [1.54, 1.807) is 24.8 Å². The highest BCUT2D eigenvalue weighted by Gasteiger charge is 2.22. The number of aromatic nitrogens is 1. The van der Waals surface area contributed by atoms with Crippen molar-refractivity contribution < 1.29 is 14.3 Å². The number of carbonyl (C=O) groups excluding carboxylic acids is 1. The Morgan fingerprint density at radius 1 is 1.41 bits per heavy atom. The molecular formula is C17H23FN2O2. The lowest BCUT2D eigenvalue weighted by atomic mass is 10.1. The number of nitrogens with one attached hydrogen (secondary N) is 1. The number of amides is 1. The largest absolute Gasteiger partial charge is 0.389 e. The number of aliphatic hydroxyl groups is 1. The molecule has 1 amide bonds. The van der Waals surface area contributed by atoms with E-state index in [2.05, 4.69) is 4.98 Å². The van der Waals surface area contributed by atoms with Crippen LogP contribution in [0.4, 0.5) is 4.39 Å². The van der Waals surface area contributed by atoms with Crippen molar-refractivity contribution in [1.82, 2.24) is 9.88 Å². The van der Waals surface area contributed by atoms with Crippen LogP contribution in [-0.4, -0.2) is 39.6 Å². The Morgan fingerprint density at radius 3 is 2.68 bits per heavy atom. The minimum atomic E-state index is -0.937. The van der Waals surface area contributed by atoms with Crippen LogP contribution in [0.3, 0.4) is 0 Å². The summed E-state index contributed by atoms with van der Waals surface area (Å²) < 4.78 is 13.5. The van der Waals surface area contributed by atoms with E-state index in [1.807, 2.05) is 13.8 Å². The number of hydrogen-bond donors (Lipinski definition) is 2. The summed E-state index contributed by atoms with van der Waals surface area (Å²) in [5.74, 6) is -0.387. The highest BCUT2D eigenvalue weighted by atomic mass is 19.1. The Labute approximate surface area is 129 Å². The second kappa shape index (κ2) is 6.08. The summed E-state index contributed by atoms with van der Waals surface area (Å²) in [5, 5.41) is 10.6. The molecule has 0 saturated heterocycles. The van der Waals surface area contributed by atoms with Crippen LogP contribution in [0.2, 0.25) is 0 Å². The van der Waals surface area contributed by atoms with Crippen LogP contribution in [0.1, 0.15) is 32.0 Å². The number of halogens is 1. The minimum absolute atomic E-state index is 0.0714. The van der Waals surface area contributed by atoms with Crippen molar-refractivity contribution >= 4 is 16.8 Å². The van der Waals surface area contributed by atoms with Gasteiger partial charge in [0, 0.05) is 29.7 Å². The molecule has 0 fully saturated rings. The molecule has 0 bridgehead atoms. The zero-order chi connectivity index (χ0) is 16.5. The zero-order valence-corrected chi connectivity index (χ0v) is 13.5. The van der Waals surface area contributed by atoms with E-state index in [4.69, 9.17) is 0 Å². The highest BCUT2D eigenvalue weighted by Crippen LogP contribution is 2.24. The Bertz CT molecular complexity index is 686. The smallest absolute Gasteiger partial charge is 0.227 e. The van der Waals surface area contributed by atoms with Crippen molar-refractivity contribution in [3.63, 3.8) is 0 Å². The topological polar surface area (TPSA) is 56.3 Å². The molecular weight excluding hydrogens is 283 g/mol. The van der Waals surface area contributed by atoms with Gasteiger partial charge in [-0.15, -0.1) is 0 Å². The maximum absolute atomic E-state index is 13.5. The molecule has 5 heteroatoms. The molecule has 2 N–H and O–H groups in total. The molecule has 0 aliphatic heterocycles. The van der Waals surface area contributed by atoms with Crippen molar-refractivity contribution in [2.75, 3.05) is 13.1 Å². The van der Waals surface area contributed by atoms with E-state index in [9.17, 15) is 14.3 Å². The predicted molar refractivity (Wildman–Crippen MR) is 85.2 cm³/mol. The molecule has 0 saturated carbocycles. The van der Waals surface area contributed by atoms with Gasteiger partial charge in [-0.2, -0.15) is 0 Å². The van der Waals surface area contributed by atoms with Gasteiger partial charge in [-0.1, -0.05) is 0 Å². The molecule has 2 aromatic rings. The van der Waals surface area contributed by atoms with Crippen molar-refractivity contribution in [2.45, 2.75) is 39.7 Å². The maximum Gasteiger partial charge on any atom is 0.227 e. The molecule has 0 unspecified atom stereocenters. The van der Waals surface area contributed by atoms with Crippen LogP contribution < -0.4 is 0 Å². The van der Waals surface area contributed by atoms with E-state index in [0.717, 1.165) is 22.2 Å². The fourth-order valence-electron chi connectivity index (χ4n) is 2.69. The molecule has 0 atom stereocenters. The lowest BCUT2D eigenvalue weighted by Gasteiger charge is -2.28. The van der Waals surface area contributed by atoms with Gasteiger partial charge in [0.15, 0.2) is 0 Å². The predicted octanol–water partition coefficient (Wildman–Crippen LogP) is 2.78. The van der Waals surface area contributed by atoms with Gasteiger partial charge in [0.05, 0.1) is 12.0 Å². The average Bonchev–Trinajstić information content (AvgIpc) is 2.71. The van der Waals surface area contributed by atoms with Crippen LogP contribution in [0.15, 0.2) is 18.2 Å². The third-order valence-corrected chi connectivity index (χ3v) is 3.72. The fourth-order valence-corrected chi connectivity index (χ4v) is 2.69. The number of likely N-dealkylation sites (N-methyl/N-ethyl adjacent to an activating group) is 1. The molecule has 120 valence electrons. The summed E-state index contributed by atoms with van der Waals surface area (Å²) in [4.78, 5) is 17.3. The van der Waals surface area contributed by atoms with E-state index in [0.29, 0.717) is 6.54 Å². The van der Waals surface area contributed by atoms with Gasteiger partial charge in [-0.05, 0) is 51.5 Å². The lowest BCUT2D eigenvalue weighted by Crippen LogP contribution is -2.42. The molecule has 1 aromatic heterocycles. The summed E-state index contributed by atoms with van der Waals surface area (Å²) in [6.45, 7) is 7.92. The highest BCUT2D eigenvalue weighted by molar-refractivity contribution is 5.90. The number of H-pyrrole nitrogens is 1. The number of rotatable bonds is 5. The summed E-state index contributed by atoms with van der Waals surface area (Å²) in [6, 6.07) is 4.53. The Morgan fingerprint density at radius 2 is 2.09 bits per heavy atom. The van der Waals surface area contributed by atoms with E-state index in [1.165, 1.54) is 12.1 Å². The molecule has 2 rings (SSSR count). The van der Waals surface area contributed by atoms with Crippen LogP contribution in [0.5, 0.6) is 0 Å². The first-order valence-electron chi connectivity index (χ1n) is 7.48. The third kappa shape index (κ3) is 3.65. The number of benzene rings is 1. The van der Waals surface area contributed by atoms with Gasteiger partial charge in [0.25, 0.3) is 0 Å². The van der Waals surface area contributed by atoms with Crippen molar-refractivity contribution in [2.24, 2.45) is 0 Å². The van der Waals surface area contributed by atoms with Gasteiger partial charge in [-0.25, -0.2) is 4.39 Å². The lowest BCUT2D eigenvalue weighted by molar-refractivity contribution is -0.133. The Balaban J connectivity index is 2.28. The molecule has 1 aromatic carbocycles. The summed E-state index contributed by atoms with van der Waals surface area (Å²) >= 11 is 0. The summed E-state index contributed by atoms with van der Waals surface area (Å²) in [7, 11) is 0. The van der Waals surface area contributed by atoms with Crippen molar-refractivity contribution in [1.29, 1.82) is 0 Å². The summed E-state index contributed by atoms with van der Waals surface area (Å²) in [5.41, 5.74) is 1.57. The normalized spacial score (nSPS) is 11.9. The molecule has 0 aliphatic rings. The molecule has 4 nitrogen and oxygen atoms in total. The summed E-state index contributed by atoms with van der Waals surface area (Å²) in [6.07, 6.45) is 0.194. The number of carbonyl (C=O) groups is 1. The second-order valence-electron chi connectivity index (χ2n) is 6.32. The quantitative estimate of drug-likeness (QED) is 0.892. The Hall–Kier alpha value is -1.88. The SMILES string of the molecule is CCN(CC(C)(C)O)C(=O)Cc1c(C)[nH]c2ccc(F)cc12. The van der Waals surface area contributed by atoms with E-state index < -0.39 is 5.60 Å². The molecule has 0 spiro atoms. The number of fused-ring (bicyclic) bond motifs is 1. The average molecular weight is 306 g/mol. The zero-order valence-electron chi connectivity index (χ0n) is 13.5. The van der Waals surface area contributed by atoms with Crippen LogP contribution in [0, 0.1) is 12.7 Å². The molecule has 1 heterocycles. The first kappa shape index (κ1) is 16.5. The fraction of sp³-hybridized carbons (Fsp3) is 0.471. The standard InChI is InChI=1S/C17H23FN2O2/c1-5-20(10-17(3,4)22)16(21)9-13-11(2)19-15-7-6-12(18)8-14(13)15/h6-8,19,22H,5,9-10H2,1-4H3. The monoisotopic (exact) mass is 306 g/mol. The number of hydrogen-bond acceptors (Lipinski definition) is 2. The second-order valence-corrected chi connectivity index (χ2v) is 6.32. The van der Waals surface area contributed by atoms with Gasteiger partial charge in [0.2, 0.25) is 5.91 Å². The van der Waals surface area contributed by atoms with Gasteiger partial charge in [-0.3, -0.25) is 4.79 Å². The van der Waals surface area contributed by atoms with Gasteiger partial charge >= 0.3 is 0 Å². The van der Waals surface area contributed by atoms with E-state index >= 15 is 0 Å². The first-order chi connectivity index (χ1) is 10.2. The third-order valence-electron chi connectivity index (χ3n) is 3.72. The first-order valence-corrected chi connectivity index (χ1v) is 7.48. The van der Waals surface area contributed by atoms with Crippen LogP contribution in [0.25, 0.3) is 10.9 Å². The van der Waals surface area contributed by atoms with Crippen LogP contribution >= 0.6 is 0 Å². The van der Waals surface area contributed by atoms with Gasteiger partial charge < -0.3 is 15.0 Å². The van der Waals surface area contributed by atoms with Crippen molar-refractivity contribution in [3.8, 4) is 0 Å².